The van der Waals surface area contributed by atoms with E-state index in [2.05, 4.69) is 22.6 Å². The molecule has 4 nitrogen and oxygen atoms in total. The second-order valence-corrected chi connectivity index (χ2v) is 5.70. The maximum Gasteiger partial charge on any atom is 0.335 e. The van der Waals surface area contributed by atoms with E-state index in [0.29, 0.717) is 29.7 Å². The summed E-state index contributed by atoms with van der Waals surface area (Å²) in [5.74, 6) is 0.265. The van der Waals surface area contributed by atoms with Crippen LogP contribution in [0, 0.1) is 3.57 Å². The molecule has 0 spiro atoms. The zero-order valence-electron chi connectivity index (χ0n) is 10.9. The normalized spacial score (nSPS) is 10.2. The first-order valence-electron chi connectivity index (χ1n) is 6.10. The third-order valence-corrected chi connectivity index (χ3v) is 3.74. The lowest BCUT2D eigenvalue weighted by Gasteiger charge is -2.10. The number of carbonyl (C=O) groups is 1. The van der Waals surface area contributed by atoms with Crippen LogP contribution in [0.3, 0.4) is 0 Å². The molecule has 0 fully saturated rings. The van der Waals surface area contributed by atoms with E-state index in [1.54, 1.807) is 36.4 Å². The van der Waals surface area contributed by atoms with Crippen molar-refractivity contribution >= 4 is 40.2 Å². The highest BCUT2D eigenvalue weighted by Gasteiger charge is 2.08. The number of halogens is 2. The van der Waals surface area contributed by atoms with Crippen LogP contribution in [0.15, 0.2) is 42.5 Å². The summed E-state index contributed by atoms with van der Waals surface area (Å²) in [6, 6.07) is 11.8. The van der Waals surface area contributed by atoms with Crippen LogP contribution in [0.5, 0.6) is 11.5 Å². The Kier molecular flexibility index (Phi) is 5.69. The summed E-state index contributed by atoms with van der Waals surface area (Å²) in [6.07, 6.45) is 0. The molecule has 0 aliphatic heterocycles. The molecule has 110 valence electrons. The Morgan fingerprint density at radius 2 is 1.76 bits per heavy atom. The van der Waals surface area contributed by atoms with Crippen molar-refractivity contribution in [2.45, 2.75) is 0 Å². The molecule has 0 aromatic heterocycles. The fourth-order valence-corrected chi connectivity index (χ4v) is 2.21. The van der Waals surface area contributed by atoms with Gasteiger partial charge in [0, 0.05) is 5.02 Å². The van der Waals surface area contributed by atoms with Crippen molar-refractivity contribution in [3.05, 3.63) is 56.6 Å². The van der Waals surface area contributed by atoms with Gasteiger partial charge in [-0.1, -0.05) is 11.6 Å². The number of aromatic carboxylic acids is 1. The van der Waals surface area contributed by atoms with Crippen molar-refractivity contribution in [1.29, 1.82) is 0 Å². The molecule has 21 heavy (non-hydrogen) atoms. The molecule has 0 atom stereocenters. The molecule has 0 saturated heterocycles. The number of rotatable bonds is 6. The predicted octanol–water partition coefficient (Wildman–Crippen LogP) is 4.10. The minimum Gasteiger partial charge on any atom is -0.490 e. The molecule has 0 radical (unpaired) electrons. The first kappa shape index (κ1) is 15.9. The summed E-state index contributed by atoms with van der Waals surface area (Å²) in [6.45, 7) is 0.677. The van der Waals surface area contributed by atoms with Crippen molar-refractivity contribution < 1.29 is 19.4 Å². The van der Waals surface area contributed by atoms with E-state index >= 15 is 0 Å². The Bertz CT molecular complexity index is 628. The number of ether oxygens (including phenoxy) is 2. The van der Waals surface area contributed by atoms with Gasteiger partial charge >= 0.3 is 5.97 Å². The highest BCUT2D eigenvalue weighted by Crippen LogP contribution is 2.22. The first-order valence-corrected chi connectivity index (χ1v) is 7.56. The van der Waals surface area contributed by atoms with E-state index in [1.165, 1.54) is 6.07 Å². The van der Waals surface area contributed by atoms with E-state index in [9.17, 15) is 4.79 Å². The van der Waals surface area contributed by atoms with Crippen LogP contribution in [0.4, 0.5) is 0 Å². The lowest BCUT2D eigenvalue weighted by molar-refractivity contribution is 0.0696. The largest absolute Gasteiger partial charge is 0.490 e. The van der Waals surface area contributed by atoms with Crippen molar-refractivity contribution in [3.63, 3.8) is 0 Å². The standard InChI is InChI=1S/C15H12ClIO4/c16-11-2-4-12(5-3-11)20-7-8-21-14-9-10(15(18)19)1-6-13(14)17/h1-6,9H,7-8H2,(H,18,19). The van der Waals surface area contributed by atoms with Crippen LogP contribution in [0.2, 0.25) is 5.02 Å². The van der Waals surface area contributed by atoms with Gasteiger partial charge in [-0.05, 0) is 65.1 Å². The van der Waals surface area contributed by atoms with Crippen LogP contribution in [-0.4, -0.2) is 24.3 Å². The summed E-state index contributed by atoms with van der Waals surface area (Å²) in [4.78, 5) is 10.9. The Morgan fingerprint density at radius 3 is 2.43 bits per heavy atom. The predicted molar refractivity (Wildman–Crippen MR) is 88.6 cm³/mol. The Hall–Kier alpha value is -1.47. The number of carboxylic acid groups (broad SMARTS) is 1. The van der Waals surface area contributed by atoms with Gasteiger partial charge in [-0.25, -0.2) is 4.79 Å². The Labute approximate surface area is 140 Å². The highest BCUT2D eigenvalue weighted by molar-refractivity contribution is 14.1. The van der Waals surface area contributed by atoms with Gasteiger partial charge in [0.15, 0.2) is 0 Å². The number of hydrogen-bond acceptors (Lipinski definition) is 3. The van der Waals surface area contributed by atoms with Crippen molar-refractivity contribution in [2.24, 2.45) is 0 Å². The first-order chi connectivity index (χ1) is 10.1. The Balaban J connectivity index is 1.87. The number of benzene rings is 2. The van der Waals surface area contributed by atoms with E-state index in [1.807, 2.05) is 0 Å². The molecular weight excluding hydrogens is 407 g/mol. The van der Waals surface area contributed by atoms with Gasteiger partial charge in [0.05, 0.1) is 9.13 Å². The Morgan fingerprint density at radius 1 is 1.10 bits per heavy atom. The van der Waals surface area contributed by atoms with Crippen LogP contribution >= 0.6 is 34.2 Å². The molecule has 0 aliphatic rings. The van der Waals surface area contributed by atoms with Gasteiger partial charge in [0.2, 0.25) is 0 Å². The molecule has 2 aromatic carbocycles. The van der Waals surface area contributed by atoms with Crippen molar-refractivity contribution in [1.82, 2.24) is 0 Å². The molecule has 1 N–H and O–H groups in total. The van der Waals surface area contributed by atoms with Gasteiger partial charge in [-0.3, -0.25) is 0 Å². The SMILES string of the molecule is O=C(O)c1ccc(I)c(OCCOc2ccc(Cl)cc2)c1. The maximum absolute atomic E-state index is 10.9. The molecule has 0 saturated carbocycles. The van der Waals surface area contributed by atoms with E-state index in [4.69, 9.17) is 26.2 Å². The van der Waals surface area contributed by atoms with Gasteiger partial charge in [0.1, 0.15) is 24.7 Å². The summed E-state index contributed by atoms with van der Waals surface area (Å²) in [5, 5.41) is 9.60. The van der Waals surface area contributed by atoms with Crippen molar-refractivity contribution in [2.75, 3.05) is 13.2 Å². The minimum atomic E-state index is -0.978. The monoisotopic (exact) mass is 418 g/mol. The number of hydrogen-bond donors (Lipinski definition) is 1. The molecule has 0 amide bonds. The smallest absolute Gasteiger partial charge is 0.335 e. The summed E-state index contributed by atoms with van der Waals surface area (Å²) < 4.78 is 11.9. The average molecular weight is 419 g/mol. The van der Waals surface area contributed by atoms with Gasteiger partial charge in [0.25, 0.3) is 0 Å². The highest BCUT2D eigenvalue weighted by atomic mass is 127. The van der Waals surface area contributed by atoms with Gasteiger partial charge in [-0.15, -0.1) is 0 Å². The third kappa shape index (κ3) is 4.78. The number of carboxylic acids is 1. The second kappa shape index (κ2) is 7.51. The maximum atomic E-state index is 10.9. The topological polar surface area (TPSA) is 55.8 Å². The molecule has 2 rings (SSSR count). The molecule has 0 heterocycles. The minimum absolute atomic E-state index is 0.198. The zero-order valence-corrected chi connectivity index (χ0v) is 13.8. The molecule has 2 aromatic rings. The van der Waals surface area contributed by atoms with E-state index < -0.39 is 5.97 Å². The summed E-state index contributed by atoms with van der Waals surface area (Å²) >= 11 is 7.88. The molecule has 6 heteroatoms. The van der Waals surface area contributed by atoms with E-state index in [0.717, 1.165) is 3.57 Å². The third-order valence-electron chi connectivity index (χ3n) is 2.60. The quantitative estimate of drug-likeness (QED) is 0.567. The lowest BCUT2D eigenvalue weighted by Crippen LogP contribution is -2.10. The fraction of sp³-hybridized carbons (Fsp3) is 0.133. The second-order valence-electron chi connectivity index (χ2n) is 4.10. The van der Waals surface area contributed by atoms with Gasteiger partial charge in [-0.2, -0.15) is 0 Å². The van der Waals surface area contributed by atoms with E-state index in [-0.39, 0.29) is 5.56 Å². The van der Waals surface area contributed by atoms with Gasteiger partial charge < -0.3 is 14.6 Å². The fourth-order valence-electron chi connectivity index (χ4n) is 1.59. The zero-order chi connectivity index (χ0) is 15.2. The summed E-state index contributed by atoms with van der Waals surface area (Å²) in [5.41, 5.74) is 0.198. The van der Waals surface area contributed by atoms with Crippen LogP contribution in [-0.2, 0) is 0 Å². The average Bonchev–Trinajstić information content (AvgIpc) is 2.47. The molecule has 0 aliphatic carbocycles. The lowest BCUT2D eigenvalue weighted by atomic mass is 10.2. The van der Waals surface area contributed by atoms with Crippen LogP contribution in [0.25, 0.3) is 0 Å². The van der Waals surface area contributed by atoms with Crippen LogP contribution in [0.1, 0.15) is 10.4 Å². The van der Waals surface area contributed by atoms with Crippen LogP contribution < -0.4 is 9.47 Å². The summed E-state index contributed by atoms with van der Waals surface area (Å²) in [7, 11) is 0. The molecule has 0 bridgehead atoms. The van der Waals surface area contributed by atoms with Crippen molar-refractivity contribution in [3.8, 4) is 11.5 Å². The molecule has 0 unspecified atom stereocenters. The molecular formula is C15H12ClIO4.